The van der Waals surface area contributed by atoms with Crippen molar-refractivity contribution in [3.8, 4) is 0 Å². The summed E-state index contributed by atoms with van der Waals surface area (Å²) in [6, 6.07) is 0. The van der Waals surface area contributed by atoms with E-state index >= 15 is 0 Å². The molecule has 4 atom stereocenters. The molecule has 1 aliphatic heterocycles. The van der Waals surface area contributed by atoms with Gasteiger partial charge in [-0.25, -0.2) is 0 Å². The lowest BCUT2D eigenvalue weighted by molar-refractivity contribution is -0.155. The smallest absolute Gasteiger partial charge is 0.192 e. The van der Waals surface area contributed by atoms with Gasteiger partial charge in [0.05, 0.1) is 18.8 Å². The molecule has 132 valence electrons. The predicted octanol–water partition coefficient (Wildman–Crippen LogP) is 3.94. The van der Waals surface area contributed by atoms with Crippen LogP contribution in [-0.2, 0) is 13.9 Å². The van der Waals surface area contributed by atoms with Crippen molar-refractivity contribution in [2.75, 3.05) is 6.61 Å². The largest absolute Gasteiger partial charge is 0.414 e. The Morgan fingerprint density at radius 1 is 1.23 bits per heavy atom. The van der Waals surface area contributed by atoms with E-state index < -0.39 is 14.1 Å². The first kappa shape index (κ1) is 20.1. The maximum Gasteiger partial charge on any atom is 0.192 e. The first-order chi connectivity index (χ1) is 9.81. The Morgan fingerprint density at radius 3 is 2.23 bits per heavy atom. The number of ether oxygens (including phenoxy) is 2. The fraction of sp³-hybridized carbons (Fsp3) is 1.00. The minimum absolute atomic E-state index is 0.0276. The maximum absolute atomic E-state index is 10.2. The van der Waals surface area contributed by atoms with Crippen molar-refractivity contribution in [2.24, 2.45) is 5.92 Å². The van der Waals surface area contributed by atoms with Gasteiger partial charge >= 0.3 is 0 Å². The summed E-state index contributed by atoms with van der Waals surface area (Å²) < 4.78 is 18.4. The van der Waals surface area contributed by atoms with Crippen molar-refractivity contribution in [3.63, 3.8) is 0 Å². The quantitative estimate of drug-likeness (QED) is 0.749. The van der Waals surface area contributed by atoms with Gasteiger partial charge in [0.2, 0.25) is 0 Å². The van der Waals surface area contributed by atoms with Gasteiger partial charge < -0.3 is 19.0 Å². The van der Waals surface area contributed by atoms with E-state index in [1.54, 1.807) is 0 Å². The highest BCUT2D eigenvalue weighted by Gasteiger charge is 2.47. The molecule has 1 heterocycles. The molecule has 0 unspecified atom stereocenters. The molecule has 5 heteroatoms. The molecule has 0 bridgehead atoms. The molecule has 0 aromatic heterocycles. The molecule has 1 N–H and O–H groups in total. The lowest BCUT2D eigenvalue weighted by atomic mass is 9.93. The van der Waals surface area contributed by atoms with E-state index in [2.05, 4.69) is 33.9 Å². The van der Waals surface area contributed by atoms with Gasteiger partial charge in [-0.15, -0.1) is 0 Å². The van der Waals surface area contributed by atoms with E-state index in [0.717, 1.165) is 6.42 Å². The second kappa shape index (κ2) is 6.89. The zero-order chi connectivity index (χ0) is 17.3. The zero-order valence-electron chi connectivity index (χ0n) is 15.9. The average molecular weight is 333 g/mol. The van der Waals surface area contributed by atoms with E-state index in [1.165, 1.54) is 0 Å². The summed E-state index contributed by atoms with van der Waals surface area (Å²) in [5.74, 6) is -0.590. The van der Waals surface area contributed by atoms with Crippen molar-refractivity contribution in [1.29, 1.82) is 0 Å². The van der Waals surface area contributed by atoms with Crippen LogP contribution in [0.25, 0.3) is 0 Å². The molecule has 0 aromatic carbocycles. The Morgan fingerprint density at radius 2 is 1.77 bits per heavy atom. The van der Waals surface area contributed by atoms with Crippen LogP contribution >= 0.6 is 0 Å². The van der Waals surface area contributed by atoms with Gasteiger partial charge in [-0.05, 0) is 38.4 Å². The first-order valence-electron chi connectivity index (χ1n) is 8.48. The highest BCUT2D eigenvalue weighted by atomic mass is 28.4. The monoisotopic (exact) mass is 332 g/mol. The van der Waals surface area contributed by atoms with E-state index in [9.17, 15) is 5.11 Å². The summed E-state index contributed by atoms with van der Waals surface area (Å²) in [4.78, 5) is 0. The van der Waals surface area contributed by atoms with Gasteiger partial charge in [0, 0.05) is 5.92 Å². The van der Waals surface area contributed by atoms with Gasteiger partial charge in [-0.1, -0.05) is 34.6 Å². The predicted molar refractivity (Wildman–Crippen MR) is 92.4 cm³/mol. The SMILES string of the molecule is CC[C@H](O)[C@H](C)[C@H]1OC(C)(C)O[C@H]1CO[Si](C)(C)C(C)(C)C. The zero-order valence-corrected chi connectivity index (χ0v) is 16.9. The molecule has 0 aromatic rings. The number of aliphatic hydroxyl groups is 1. The Hall–Kier alpha value is 0.0569. The summed E-state index contributed by atoms with van der Waals surface area (Å²) in [5, 5.41) is 10.3. The minimum Gasteiger partial charge on any atom is -0.414 e. The van der Waals surface area contributed by atoms with E-state index in [1.807, 2.05) is 27.7 Å². The molecule has 0 spiro atoms. The lowest BCUT2D eigenvalue weighted by Gasteiger charge is -2.37. The van der Waals surface area contributed by atoms with Crippen LogP contribution in [0.1, 0.15) is 54.9 Å². The van der Waals surface area contributed by atoms with Crippen LogP contribution in [0.15, 0.2) is 0 Å². The summed E-state index contributed by atoms with van der Waals surface area (Å²) in [7, 11) is -1.82. The molecule has 1 fully saturated rings. The Bertz CT molecular complexity index is 362. The highest BCUT2D eigenvalue weighted by Crippen LogP contribution is 2.39. The molecule has 0 amide bonds. The minimum atomic E-state index is -1.82. The van der Waals surface area contributed by atoms with Crippen LogP contribution in [0.5, 0.6) is 0 Å². The molecular weight excluding hydrogens is 296 g/mol. The summed E-state index contributed by atoms with van der Waals surface area (Å²) >= 11 is 0. The second-order valence-corrected chi connectivity index (χ2v) is 13.4. The van der Waals surface area contributed by atoms with Crippen LogP contribution in [0.2, 0.25) is 18.1 Å². The van der Waals surface area contributed by atoms with Gasteiger partial charge in [-0.3, -0.25) is 0 Å². The van der Waals surface area contributed by atoms with Gasteiger partial charge in [-0.2, -0.15) is 0 Å². The Balaban J connectivity index is 2.78. The van der Waals surface area contributed by atoms with Crippen LogP contribution in [-0.4, -0.2) is 44.1 Å². The van der Waals surface area contributed by atoms with Crippen LogP contribution in [0.3, 0.4) is 0 Å². The fourth-order valence-corrected chi connectivity index (χ4v) is 3.55. The van der Waals surface area contributed by atoms with Crippen molar-refractivity contribution in [1.82, 2.24) is 0 Å². The molecule has 4 nitrogen and oxygen atoms in total. The van der Waals surface area contributed by atoms with Crippen LogP contribution in [0, 0.1) is 5.92 Å². The first-order valence-corrected chi connectivity index (χ1v) is 11.4. The third kappa shape index (κ3) is 4.77. The summed E-state index contributed by atoms with van der Waals surface area (Å²) in [6.45, 7) is 19.6. The van der Waals surface area contributed by atoms with Crippen molar-refractivity contribution in [2.45, 2.75) is 97.1 Å². The maximum atomic E-state index is 10.2. The van der Waals surface area contributed by atoms with Gasteiger partial charge in [0.25, 0.3) is 0 Å². The third-order valence-corrected chi connectivity index (χ3v) is 9.68. The summed E-state index contributed by atoms with van der Waals surface area (Å²) in [6.07, 6.45) is 0.0879. The molecule has 1 saturated heterocycles. The third-order valence-electron chi connectivity index (χ3n) is 5.18. The molecule has 0 aliphatic carbocycles. The van der Waals surface area contributed by atoms with Crippen LogP contribution in [0.4, 0.5) is 0 Å². The van der Waals surface area contributed by atoms with E-state index in [0.29, 0.717) is 6.61 Å². The molecule has 1 rings (SSSR count). The fourth-order valence-electron chi connectivity index (χ4n) is 2.54. The Kier molecular flexibility index (Phi) is 6.30. The number of hydrogen-bond acceptors (Lipinski definition) is 4. The average Bonchev–Trinajstić information content (AvgIpc) is 2.68. The molecule has 22 heavy (non-hydrogen) atoms. The van der Waals surface area contributed by atoms with E-state index in [-0.39, 0.29) is 29.3 Å². The molecular formula is C17H36O4Si. The molecule has 1 aliphatic rings. The topological polar surface area (TPSA) is 47.9 Å². The van der Waals surface area contributed by atoms with Crippen molar-refractivity contribution in [3.05, 3.63) is 0 Å². The standard InChI is InChI=1S/C17H36O4Si/c1-10-13(18)12(2)15-14(20-17(6,7)21-15)11-19-22(8,9)16(3,4)5/h12-15,18H,10-11H2,1-9H3/t12-,13-,14-,15+/m0/s1. The Labute approximate surface area is 137 Å². The van der Waals surface area contributed by atoms with Crippen molar-refractivity contribution < 1.29 is 19.0 Å². The van der Waals surface area contributed by atoms with E-state index in [4.69, 9.17) is 13.9 Å². The lowest BCUT2D eigenvalue weighted by Crippen LogP contribution is -2.45. The normalized spacial score (nSPS) is 28.6. The summed E-state index contributed by atoms with van der Waals surface area (Å²) in [5.41, 5.74) is 0. The highest BCUT2D eigenvalue weighted by molar-refractivity contribution is 6.74. The second-order valence-electron chi connectivity index (χ2n) is 8.54. The van der Waals surface area contributed by atoms with Crippen LogP contribution < -0.4 is 0 Å². The number of aliphatic hydroxyl groups excluding tert-OH is 1. The van der Waals surface area contributed by atoms with Gasteiger partial charge in [0.15, 0.2) is 14.1 Å². The number of rotatable bonds is 6. The molecule has 0 radical (unpaired) electrons. The molecule has 0 saturated carbocycles. The van der Waals surface area contributed by atoms with Gasteiger partial charge in [0.1, 0.15) is 6.10 Å². The number of hydrogen-bond donors (Lipinski definition) is 1. The van der Waals surface area contributed by atoms with Crippen molar-refractivity contribution >= 4 is 8.32 Å².